The zero-order valence-electron chi connectivity index (χ0n) is 7.12. The largest absolute Gasteiger partial charge is 0.478 e. The molecule has 1 aromatic carbocycles. The number of carbonyl (C=O) groups is 1. The minimum Gasteiger partial charge on any atom is -0.478 e. The third-order valence-corrected chi connectivity index (χ3v) is 2.07. The Kier molecular flexibility index (Phi) is 4.05. The molecule has 0 unspecified atom stereocenters. The molecule has 0 saturated carbocycles. The van der Waals surface area contributed by atoms with Crippen LogP contribution in [0.2, 0.25) is 0 Å². The molecule has 0 bridgehead atoms. The van der Waals surface area contributed by atoms with E-state index in [1.807, 2.05) is 0 Å². The number of hydrogen-bond acceptors (Lipinski definition) is 2. The molecule has 0 saturated heterocycles. The van der Waals surface area contributed by atoms with E-state index in [4.69, 9.17) is 5.11 Å². The molecule has 1 N–H and O–H groups in total. The number of rotatable bonds is 1. The minimum absolute atomic E-state index is 0.225. The van der Waals surface area contributed by atoms with Crippen LogP contribution in [-0.2, 0) is 0 Å². The Morgan fingerprint density at radius 1 is 1.50 bits per heavy atom. The van der Waals surface area contributed by atoms with Crippen LogP contribution >= 0.6 is 28.6 Å². The number of aromatic carboxylic acids is 1. The Balaban J connectivity index is 3.13. The van der Waals surface area contributed by atoms with Crippen molar-refractivity contribution in [2.24, 2.45) is 0 Å². The fourth-order valence-electron chi connectivity index (χ4n) is 0.927. The number of hydrogen-bond donors (Lipinski definition) is 2. The van der Waals surface area contributed by atoms with Crippen LogP contribution in [-0.4, -0.2) is 16.8 Å². The molecular formula is C10H7BrO2S. The molecule has 0 aliphatic rings. The minimum atomic E-state index is -0.958. The SMILES string of the molecule is O=C(O)c1cc(Br)cc(C#CCS)c1. The molecule has 1 aromatic rings. The lowest BCUT2D eigenvalue weighted by molar-refractivity contribution is 0.0697. The second kappa shape index (κ2) is 5.08. The van der Waals surface area contributed by atoms with Gasteiger partial charge in [0.05, 0.1) is 11.3 Å². The molecule has 1 rings (SSSR count). The first-order chi connectivity index (χ1) is 6.63. The van der Waals surface area contributed by atoms with E-state index in [1.54, 1.807) is 6.07 Å². The molecule has 4 heteroatoms. The van der Waals surface area contributed by atoms with Crippen LogP contribution < -0.4 is 0 Å². The van der Waals surface area contributed by atoms with Crippen molar-refractivity contribution in [3.63, 3.8) is 0 Å². The highest BCUT2D eigenvalue weighted by atomic mass is 79.9. The fourth-order valence-corrected chi connectivity index (χ4v) is 1.50. The number of halogens is 1. The lowest BCUT2D eigenvalue weighted by Gasteiger charge is -1.97. The van der Waals surface area contributed by atoms with Gasteiger partial charge in [0.1, 0.15) is 0 Å². The van der Waals surface area contributed by atoms with Gasteiger partial charge >= 0.3 is 5.97 Å². The smallest absolute Gasteiger partial charge is 0.335 e. The standard InChI is InChI=1S/C10H7BrO2S/c11-9-5-7(2-1-3-14)4-8(6-9)10(12)13/h4-6,14H,3H2,(H,12,13). The molecule has 0 radical (unpaired) electrons. The van der Waals surface area contributed by atoms with Gasteiger partial charge in [0.15, 0.2) is 0 Å². The predicted molar refractivity (Wildman–Crippen MR) is 61.8 cm³/mol. The van der Waals surface area contributed by atoms with Crippen molar-refractivity contribution in [3.05, 3.63) is 33.8 Å². The van der Waals surface area contributed by atoms with E-state index in [0.29, 0.717) is 15.8 Å². The average molecular weight is 271 g/mol. The monoisotopic (exact) mass is 270 g/mol. The molecular weight excluding hydrogens is 264 g/mol. The van der Waals surface area contributed by atoms with Crippen molar-refractivity contribution < 1.29 is 9.90 Å². The Hall–Kier alpha value is -0.920. The van der Waals surface area contributed by atoms with Gasteiger partial charge in [-0.1, -0.05) is 27.8 Å². The zero-order valence-corrected chi connectivity index (χ0v) is 9.60. The lowest BCUT2D eigenvalue weighted by atomic mass is 10.1. The Morgan fingerprint density at radius 2 is 2.21 bits per heavy atom. The number of thiol groups is 1. The quantitative estimate of drug-likeness (QED) is 0.608. The van der Waals surface area contributed by atoms with Crippen molar-refractivity contribution in [1.29, 1.82) is 0 Å². The zero-order chi connectivity index (χ0) is 10.6. The van der Waals surface area contributed by atoms with Crippen molar-refractivity contribution >= 4 is 34.5 Å². The van der Waals surface area contributed by atoms with Crippen LogP contribution in [0.5, 0.6) is 0 Å². The van der Waals surface area contributed by atoms with Gasteiger partial charge in [-0.15, -0.1) is 0 Å². The first-order valence-corrected chi connectivity index (χ1v) is 5.19. The first-order valence-electron chi connectivity index (χ1n) is 3.77. The van der Waals surface area contributed by atoms with Crippen molar-refractivity contribution in [2.75, 3.05) is 5.75 Å². The van der Waals surface area contributed by atoms with Gasteiger partial charge in [0.2, 0.25) is 0 Å². The highest BCUT2D eigenvalue weighted by Crippen LogP contribution is 2.15. The third-order valence-electron chi connectivity index (χ3n) is 1.46. The van der Waals surface area contributed by atoms with Gasteiger partial charge in [-0.25, -0.2) is 4.79 Å². The predicted octanol–water partition coefficient (Wildman–Crippen LogP) is 2.43. The number of carboxylic acid groups (broad SMARTS) is 1. The highest BCUT2D eigenvalue weighted by Gasteiger charge is 2.04. The van der Waals surface area contributed by atoms with Gasteiger partial charge < -0.3 is 5.11 Å². The normalized spacial score (nSPS) is 9.00. The summed E-state index contributed by atoms with van der Waals surface area (Å²) in [6, 6.07) is 4.83. The van der Waals surface area contributed by atoms with E-state index >= 15 is 0 Å². The van der Waals surface area contributed by atoms with E-state index in [9.17, 15) is 4.79 Å². The van der Waals surface area contributed by atoms with Crippen LogP contribution in [0, 0.1) is 11.8 Å². The van der Waals surface area contributed by atoms with Crippen LogP contribution in [0.1, 0.15) is 15.9 Å². The summed E-state index contributed by atoms with van der Waals surface area (Å²) < 4.78 is 0.709. The van der Waals surface area contributed by atoms with Crippen molar-refractivity contribution in [1.82, 2.24) is 0 Å². The van der Waals surface area contributed by atoms with Crippen LogP contribution in [0.4, 0.5) is 0 Å². The average Bonchev–Trinajstić information content (AvgIpc) is 2.14. The maximum Gasteiger partial charge on any atom is 0.335 e. The third kappa shape index (κ3) is 3.09. The fraction of sp³-hybridized carbons (Fsp3) is 0.100. The van der Waals surface area contributed by atoms with Crippen molar-refractivity contribution in [3.8, 4) is 11.8 Å². The van der Waals surface area contributed by atoms with E-state index in [1.165, 1.54) is 12.1 Å². The molecule has 0 amide bonds. The molecule has 0 heterocycles. The molecule has 0 aliphatic carbocycles. The van der Waals surface area contributed by atoms with Crippen LogP contribution in [0.3, 0.4) is 0 Å². The summed E-state index contributed by atoms with van der Waals surface area (Å²) in [4.78, 5) is 10.7. The molecule has 0 aliphatic heterocycles. The summed E-state index contributed by atoms with van der Waals surface area (Å²) in [6.45, 7) is 0. The van der Waals surface area contributed by atoms with Gasteiger partial charge in [-0.05, 0) is 18.2 Å². The summed E-state index contributed by atoms with van der Waals surface area (Å²) in [5.41, 5.74) is 0.897. The summed E-state index contributed by atoms with van der Waals surface area (Å²) in [7, 11) is 0. The van der Waals surface area contributed by atoms with Crippen LogP contribution in [0.25, 0.3) is 0 Å². The summed E-state index contributed by atoms with van der Waals surface area (Å²) in [5, 5.41) is 8.78. The molecule has 14 heavy (non-hydrogen) atoms. The second-order valence-corrected chi connectivity index (χ2v) is 3.73. The van der Waals surface area contributed by atoms with Gasteiger partial charge in [-0.3, -0.25) is 0 Å². The molecule has 72 valence electrons. The Bertz CT molecular complexity index is 418. The Morgan fingerprint density at radius 3 is 2.79 bits per heavy atom. The summed E-state index contributed by atoms with van der Waals surface area (Å²) in [6.07, 6.45) is 0. The lowest BCUT2D eigenvalue weighted by Crippen LogP contribution is -1.96. The summed E-state index contributed by atoms with van der Waals surface area (Å²) >= 11 is 7.16. The molecule has 0 atom stereocenters. The van der Waals surface area contributed by atoms with Crippen molar-refractivity contribution in [2.45, 2.75) is 0 Å². The number of carboxylic acids is 1. The summed E-state index contributed by atoms with van der Waals surface area (Å²) in [5.74, 6) is 5.06. The van der Waals surface area contributed by atoms with Gasteiger partial charge in [0, 0.05) is 10.0 Å². The molecule has 0 fully saturated rings. The molecule has 0 spiro atoms. The van der Waals surface area contributed by atoms with E-state index in [0.717, 1.165) is 0 Å². The highest BCUT2D eigenvalue weighted by molar-refractivity contribution is 9.10. The maximum atomic E-state index is 10.7. The molecule has 0 aromatic heterocycles. The maximum absolute atomic E-state index is 10.7. The van der Waals surface area contributed by atoms with E-state index in [-0.39, 0.29) is 5.56 Å². The van der Waals surface area contributed by atoms with Gasteiger partial charge in [-0.2, -0.15) is 12.6 Å². The number of benzene rings is 1. The van der Waals surface area contributed by atoms with E-state index in [2.05, 4.69) is 40.4 Å². The molecule has 2 nitrogen and oxygen atoms in total. The van der Waals surface area contributed by atoms with Crippen LogP contribution in [0.15, 0.2) is 22.7 Å². The van der Waals surface area contributed by atoms with Gasteiger partial charge in [0.25, 0.3) is 0 Å². The topological polar surface area (TPSA) is 37.3 Å². The second-order valence-electron chi connectivity index (χ2n) is 2.49. The Labute approximate surface area is 95.9 Å². The first kappa shape index (κ1) is 11.2. The van der Waals surface area contributed by atoms with E-state index < -0.39 is 5.97 Å².